The number of fused-ring (bicyclic) bond motifs is 3. The zero-order valence-electron chi connectivity index (χ0n) is 24.9. The number of halogens is 2. The number of carbonyl (C=O) groups is 3. The van der Waals surface area contributed by atoms with E-state index in [1.807, 2.05) is 48.5 Å². The van der Waals surface area contributed by atoms with Crippen LogP contribution in [-0.4, -0.2) is 70.1 Å². The maximum Gasteiger partial charge on any atom is 0.407 e. The quantitative estimate of drug-likeness (QED) is 0.165. The second-order valence-corrected chi connectivity index (χ2v) is 10.4. The van der Waals surface area contributed by atoms with Gasteiger partial charge in [0.05, 0.1) is 38.8 Å². The van der Waals surface area contributed by atoms with E-state index in [9.17, 15) is 28.3 Å². The van der Waals surface area contributed by atoms with Crippen LogP contribution in [0.4, 0.5) is 13.6 Å². The molecule has 2 heterocycles. The number of nitrogens with one attached hydrogen (secondary N) is 1. The third kappa shape index (κ3) is 10.1. The summed E-state index contributed by atoms with van der Waals surface area (Å²) >= 11 is 0. The second kappa shape index (κ2) is 16.8. The highest BCUT2D eigenvalue weighted by atomic mass is 19.1. The predicted octanol–water partition coefficient (Wildman–Crippen LogP) is 3.88. The number of alkyl carbamates (subject to hydrolysis) is 1. The van der Waals surface area contributed by atoms with E-state index >= 15 is 0 Å². The van der Waals surface area contributed by atoms with Crippen molar-refractivity contribution in [2.75, 3.05) is 19.8 Å². The summed E-state index contributed by atoms with van der Waals surface area (Å²) in [5, 5.41) is 20.1. The molecule has 4 aromatic rings. The Morgan fingerprint density at radius 1 is 0.787 bits per heavy atom. The van der Waals surface area contributed by atoms with Crippen molar-refractivity contribution in [2.24, 2.45) is 5.73 Å². The topological polar surface area (TPSA) is 183 Å². The Balaban J connectivity index is 0.000000280. The number of nitrogens with zero attached hydrogens (tertiary/aromatic N) is 2. The molecule has 246 valence electrons. The van der Waals surface area contributed by atoms with Crippen molar-refractivity contribution in [1.82, 2.24) is 15.3 Å². The van der Waals surface area contributed by atoms with Crippen LogP contribution in [0.1, 0.15) is 28.2 Å². The van der Waals surface area contributed by atoms with Gasteiger partial charge in [0.25, 0.3) is 0 Å². The number of rotatable bonds is 13. The summed E-state index contributed by atoms with van der Waals surface area (Å²) in [5.41, 5.74) is 10.5. The summed E-state index contributed by atoms with van der Waals surface area (Å²) in [7, 11) is 0. The zero-order chi connectivity index (χ0) is 33.8. The monoisotopic (exact) mass is 650 g/mol. The van der Waals surface area contributed by atoms with Crippen LogP contribution < -0.4 is 11.1 Å². The first kappa shape index (κ1) is 34.6. The van der Waals surface area contributed by atoms with Gasteiger partial charge in [0.2, 0.25) is 0 Å². The lowest BCUT2D eigenvalue weighted by Crippen LogP contribution is -2.44. The number of aromatic nitrogens is 2. The van der Waals surface area contributed by atoms with E-state index in [0.717, 1.165) is 34.6 Å². The van der Waals surface area contributed by atoms with Gasteiger partial charge in [-0.25, -0.2) is 18.4 Å². The van der Waals surface area contributed by atoms with Crippen molar-refractivity contribution in [3.05, 3.63) is 119 Å². The van der Waals surface area contributed by atoms with Gasteiger partial charge in [0.1, 0.15) is 24.3 Å². The van der Waals surface area contributed by atoms with Gasteiger partial charge >= 0.3 is 18.0 Å². The van der Waals surface area contributed by atoms with Crippen LogP contribution >= 0.6 is 0 Å². The molecule has 5 rings (SSSR count). The van der Waals surface area contributed by atoms with Gasteiger partial charge in [0.15, 0.2) is 6.04 Å². The molecule has 2 aromatic heterocycles. The van der Waals surface area contributed by atoms with Gasteiger partial charge in [0, 0.05) is 18.3 Å². The molecule has 0 unspecified atom stereocenters. The molecule has 12 nitrogen and oxygen atoms in total. The van der Waals surface area contributed by atoms with E-state index in [0.29, 0.717) is 11.1 Å². The van der Waals surface area contributed by atoms with E-state index in [1.165, 1.54) is 24.5 Å². The van der Waals surface area contributed by atoms with Crippen molar-refractivity contribution in [2.45, 2.75) is 31.2 Å². The molecule has 47 heavy (non-hydrogen) atoms. The number of hydrogen-bond donors (Lipinski definition) is 4. The number of aliphatic carboxylic acids is 2. The maximum atomic E-state index is 13.2. The average Bonchev–Trinajstić information content (AvgIpc) is 3.37. The van der Waals surface area contributed by atoms with Gasteiger partial charge in [-0.15, -0.1) is 0 Å². The van der Waals surface area contributed by atoms with Crippen molar-refractivity contribution >= 4 is 18.0 Å². The highest BCUT2D eigenvalue weighted by molar-refractivity contribution is 5.81. The molecule has 1 amide bonds. The lowest BCUT2D eigenvalue weighted by molar-refractivity contribution is -0.141. The standard InChI is InChI=1S/C24H21FN2O5.C9H11FN2O3/c25-16-9-15(10-26-11-16)12-31-14-22(23(28)29)27-24(30)32-13-21-19-7-3-1-5-17(19)18-6-2-4-8-20(18)21;10-7-1-6(2-12-3-7)4-15-5-8(11)9(13)14/h1-11,21-22H,12-14H2,(H,27,30)(H,28,29);1-3,8H,4-5,11H2,(H,13,14)/t22-;8-/m00/s1. The Labute approximate surface area is 268 Å². The minimum atomic E-state index is -1.31. The number of benzene rings is 2. The van der Waals surface area contributed by atoms with Gasteiger partial charge < -0.3 is 35.5 Å². The fourth-order valence-corrected chi connectivity index (χ4v) is 4.70. The smallest absolute Gasteiger partial charge is 0.407 e. The van der Waals surface area contributed by atoms with Crippen LogP contribution in [0.2, 0.25) is 0 Å². The number of ether oxygens (including phenoxy) is 3. The first-order chi connectivity index (χ1) is 22.6. The summed E-state index contributed by atoms with van der Waals surface area (Å²) in [6.07, 6.45) is 4.14. The number of pyridine rings is 2. The number of nitrogens with two attached hydrogens (primary N) is 1. The second-order valence-electron chi connectivity index (χ2n) is 10.4. The summed E-state index contributed by atoms with van der Waals surface area (Å²) < 4.78 is 41.5. The predicted molar refractivity (Wildman–Crippen MR) is 163 cm³/mol. The molecule has 14 heteroatoms. The SMILES string of the molecule is N[C@@H](COCc1cncc(F)c1)C(=O)O.O=C(N[C@@H](COCc1cncc(F)c1)C(=O)O)OCC1c2ccccc2-c2ccccc21. The van der Waals surface area contributed by atoms with Gasteiger partial charge in [-0.2, -0.15) is 0 Å². The Kier molecular flexibility index (Phi) is 12.4. The van der Waals surface area contributed by atoms with Crippen LogP contribution in [-0.2, 0) is 37.0 Å². The van der Waals surface area contributed by atoms with Crippen LogP contribution in [0.5, 0.6) is 0 Å². The lowest BCUT2D eigenvalue weighted by atomic mass is 9.98. The highest BCUT2D eigenvalue weighted by Crippen LogP contribution is 2.44. The molecular weight excluding hydrogens is 618 g/mol. The minimum absolute atomic E-state index is 0.0408. The number of amides is 1. The number of carbonyl (C=O) groups excluding carboxylic acids is 1. The molecule has 1 aliphatic carbocycles. The Morgan fingerprint density at radius 3 is 1.79 bits per heavy atom. The molecule has 0 aliphatic heterocycles. The zero-order valence-corrected chi connectivity index (χ0v) is 24.9. The van der Waals surface area contributed by atoms with Crippen LogP contribution in [0.3, 0.4) is 0 Å². The van der Waals surface area contributed by atoms with E-state index in [4.69, 9.17) is 25.1 Å². The van der Waals surface area contributed by atoms with Gasteiger partial charge in [-0.3, -0.25) is 14.8 Å². The molecule has 0 fully saturated rings. The Morgan fingerprint density at radius 2 is 1.30 bits per heavy atom. The van der Waals surface area contributed by atoms with Crippen LogP contribution in [0.15, 0.2) is 85.5 Å². The molecule has 0 saturated carbocycles. The largest absolute Gasteiger partial charge is 0.480 e. The summed E-state index contributed by atoms with van der Waals surface area (Å²) in [6, 6.07) is 16.0. The van der Waals surface area contributed by atoms with Gasteiger partial charge in [-0.1, -0.05) is 48.5 Å². The normalized spacial score (nSPS) is 12.9. The van der Waals surface area contributed by atoms with E-state index in [1.54, 1.807) is 0 Å². The molecular formula is C33H32F2N4O8. The average molecular weight is 651 g/mol. The fraction of sp³-hybridized carbons (Fsp3) is 0.242. The molecule has 2 atom stereocenters. The molecule has 0 spiro atoms. The van der Waals surface area contributed by atoms with Crippen molar-refractivity contribution in [3.63, 3.8) is 0 Å². The van der Waals surface area contributed by atoms with E-state index in [2.05, 4.69) is 15.3 Å². The first-order valence-electron chi connectivity index (χ1n) is 14.3. The molecule has 0 saturated heterocycles. The molecule has 0 radical (unpaired) electrons. The fourth-order valence-electron chi connectivity index (χ4n) is 4.70. The third-order valence-corrected chi connectivity index (χ3v) is 6.89. The van der Waals surface area contributed by atoms with Crippen molar-refractivity contribution < 1.29 is 47.6 Å². The van der Waals surface area contributed by atoms with Crippen molar-refractivity contribution in [1.29, 1.82) is 0 Å². The van der Waals surface area contributed by atoms with Gasteiger partial charge in [-0.05, 0) is 45.5 Å². The number of carboxylic acid groups (broad SMARTS) is 2. The lowest BCUT2D eigenvalue weighted by Gasteiger charge is -2.17. The van der Waals surface area contributed by atoms with Crippen LogP contribution in [0, 0.1) is 11.6 Å². The number of hydrogen-bond acceptors (Lipinski definition) is 9. The molecule has 2 aromatic carbocycles. The summed E-state index contributed by atoms with van der Waals surface area (Å²) in [5.74, 6) is -3.51. The molecule has 5 N–H and O–H groups in total. The first-order valence-corrected chi connectivity index (χ1v) is 14.3. The number of carboxylic acids is 2. The molecule has 0 bridgehead atoms. The van der Waals surface area contributed by atoms with E-state index < -0.39 is 41.7 Å². The maximum absolute atomic E-state index is 13.2. The third-order valence-electron chi connectivity index (χ3n) is 6.89. The van der Waals surface area contributed by atoms with E-state index in [-0.39, 0.29) is 39.0 Å². The molecule has 1 aliphatic rings. The highest BCUT2D eigenvalue weighted by Gasteiger charge is 2.29. The summed E-state index contributed by atoms with van der Waals surface area (Å²) in [6.45, 7) is -0.309. The Bertz CT molecular complexity index is 1650. The Hall–Kier alpha value is -5.31. The van der Waals surface area contributed by atoms with Crippen molar-refractivity contribution in [3.8, 4) is 11.1 Å². The van der Waals surface area contributed by atoms with Crippen LogP contribution in [0.25, 0.3) is 11.1 Å². The minimum Gasteiger partial charge on any atom is -0.480 e. The summed E-state index contributed by atoms with van der Waals surface area (Å²) in [4.78, 5) is 41.4.